The number of piperazine rings is 1. The Balaban J connectivity index is 0.00000408. The molecule has 180 valence electrons. The number of hydrogen-bond acceptors (Lipinski definition) is 4. The van der Waals surface area contributed by atoms with Crippen LogP contribution in [0.3, 0.4) is 0 Å². The Labute approximate surface area is 197 Å². The van der Waals surface area contributed by atoms with Gasteiger partial charge < -0.3 is 19.9 Å². The van der Waals surface area contributed by atoms with Crippen LogP contribution in [0.5, 0.6) is 0 Å². The van der Waals surface area contributed by atoms with Crippen molar-refractivity contribution in [1.29, 1.82) is 0 Å². The Kier molecular flexibility index (Phi) is 10.0. The lowest BCUT2D eigenvalue weighted by Crippen LogP contribution is -2.53. The van der Waals surface area contributed by atoms with Gasteiger partial charge >= 0.3 is 12.0 Å². The number of nitrogens with one attached hydrogen (secondary N) is 1. The Bertz CT molecular complexity index is 849. The lowest BCUT2D eigenvalue weighted by atomic mass is 10.1. The second kappa shape index (κ2) is 13.5. The second-order valence-corrected chi connectivity index (χ2v) is 8.46. The monoisotopic (exact) mass is 455 g/mol. The zero-order chi connectivity index (χ0) is 23.3. The highest BCUT2D eigenvalue weighted by Crippen LogP contribution is 2.11. The van der Waals surface area contributed by atoms with Crippen LogP contribution in [-0.2, 0) is 9.53 Å². The van der Waals surface area contributed by atoms with Crippen LogP contribution < -0.4 is 5.32 Å². The van der Waals surface area contributed by atoms with Gasteiger partial charge in [0.15, 0.2) is 0 Å². The first-order chi connectivity index (χ1) is 16.1. The summed E-state index contributed by atoms with van der Waals surface area (Å²) < 4.78 is 5.31. The summed E-state index contributed by atoms with van der Waals surface area (Å²) in [5.74, 6) is -0.129. The van der Waals surface area contributed by atoms with Gasteiger partial charge in [-0.1, -0.05) is 49.3 Å². The second-order valence-electron chi connectivity index (χ2n) is 8.46. The molecule has 0 atom stereocenters. The molecule has 1 heterocycles. The van der Waals surface area contributed by atoms with Gasteiger partial charge in [-0.25, -0.2) is 4.79 Å². The van der Waals surface area contributed by atoms with E-state index in [1.165, 1.54) is 0 Å². The summed E-state index contributed by atoms with van der Waals surface area (Å²) in [5.41, 5.74) is 1.76. The van der Waals surface area contributed by atoms with Crippen molar-refractivity contribution in [3.05, 3.63) is 59.7 Å². The lowest BCUT2D eigenvalue weighted by molar-refractivity contribution is -0.142. The van der Waals surface area contributed by atoms with E-state index in [1.54, 1.807) is 9.80 Å². The minimum absolute atomic E-state index is 0. The van der Waals surface area contributed by atoms with Crippen molar-refractivity contribution in [2.75, 3.05) is 39.3 Å². The van der Waals surface area contributed by atoms with Gasteiger partial charge in [0.25, 0.3) is 5.91 Å². The third-order valence-electron chi connectivity index (χ3n) is 5.93. The van der Waals surface area contributed by atoms with Crippen LogP contribution in [0.2, 0.25) is 0 Å². The average Bonchev–Trinajstić information content (AvgIpc) is 2.87. The summed E-state index contributed by atoms with van der Waals surface area (Å²) in [5, 5.41) is 2.96. The lowest BCUT2D eigenvalue weighted by Gasteiger charge is -2.34. The van der Waals surface area contributed by atoms with Crippen LogP contribution in [-0.4, -0.2) is 67.0 Å². The van der Waals surface area contributed by atoms with Crippen LogP contribution in [0.15, 0.2) is 54.1 Å². The van der Waals surface area contributed by atoms with Crippen molar-refractivity contribution in [3.63, 3.8) is 0 Å². The number of ether oxygens (including phenoxy) is 1. The van der Waals surface area contributed by atoms with Gasteiger partial charge in [0, 0.05) is 46.1 Å². The standard InChI is InChI=1S/C26H35N3O4.H2/c30-24(33-21-22-11-5-3-6-12-22)15-9-1-2-10-16-27-26(32)29-19-17-28(18-20-29)25(31)23-13-7-4-8-14-23;/h4-5,7-8,11-14H,1-3,6,9-10,15-21H2,(H,27,32);1H. The SMILES string of the molecule is O=C(CCCCCCNC(=O)N1CCN(C(=O)c2ccccc2)CC1)OCC1=CCCC=C1.[HH]. The molecule has 3 amide bonds. The first-order valence-corrected chi connectivity index (χ1v) is 12.0. The highest BCUT2D eigenvalue weighted by molar-refractivity contribution is 5.94. The maximum Gasteiger partial charge on any atom is 0.317 e. The minimum atomic E-state index is -0.145. The van der Waals surface area contributed by atoms with Crippen LogP contribution in [0.1, 0.15) is 56.7 Å². The molecule has 0 bridgehead atoms. The highest BCUT2D eigenvalue weighted by Gasteiger charge is 2.24. The summed E-state index contributed by atoms with van der Waals surface area (Å²) in [6, 6.07) is 9.17. The van der Waals surface area contributed by atoms with E-state index in [2.05, 4.69) is 17.5 Å². The number of urea groups is 1. The first-order valence-electron chi connectivity index (χ1n) is 12.0. The molecular weight excluding hydrogens is 418 g/mol. The number of nitrogens with zero attached hydrogens (tertiary/aromatic N) is 2. The molecule has 1 aliphatic carbocycles. The van der Waals surface area contributed by atoms with Crippen LogP contribution in [0, 0.1) is 0 Å². The van der Waals surface area contributed by atoms with E-state index >= 15 is 0 Å². The van der Waals surface area contributed by atoms with Gasteiger partial charge in [0.2, 0.25) is 0 Å². The Morgan fingerprint density at radius 1 is 0.909 bits per heavy atom. The zero-order valence-electron chi connectivity index (χ0n) is 19.3. The number of carbonyl (C=O) groups is 3. The molecule has 0 radical (unpaired) electrons. The number of benzene rings is 1. The Morgan fingerprint density at radius 2 is 1.64 bits per heavy atom. The van der Waals surface area contributed by atoms with Gasteiger partial charge in [-0.3, -0.25) is 9.59 Å². The predicted molar refractivity (Wildman–Crippen MR) is 130 cm³/mol. The minimum Gasteiger partial charge on any atom is -0.461 e. The molecule has 0 saturated carbocycles. The summed E-state index contributed by atoms with van der Waals surface area (Å²) >= 11 is 0. The number of rotatable bonds is 10. The molecule has 1 aromatic rings. The highest BCUT2D eigenvalue weighted by atomic mass is 16.5. The largest absolute Gasteiger partial charge is 0.461 e. The van der Waals surface area contributed by atoms with Gasteiger partial charge in [-0.2, -0.15) is 0 Å². The number of esters is 1. The zero-order valence-corrected chi connectivity index (χ0v) is 19.3. The fourth-order valence-electron chi connectivity index (χ4n) is 3.94. The van der Waals surface area contributed by atoms with E-state index in [0.29, 0.717) is 51.3 Å². The molecule has 0 aromatic heterocycles. The van der Waals surface area contributed by atoms with E-state index in [4.69, 9.17) is 4.74 Å². The molecule has 1 saturated heterocycles. The van der Waals surface area contributed by atoms with E-state index in [9.17, 15) is 14.4 Å². The van der Waals surface area contributed by atoms with Gasteiger partial charge in [-0.05, 0) is 43.4 Å². The third-order valence-corrected chi connectivity index (χ3v) is 5.93. The Hall–Kier alpha value is -3.09. The summed E-state index contributed by atoms with van der Waals surface area (Å²) in [6.45, 7) is 3.16. The van der Waals surface area contributed by atoms with Crippen LogP contribution in [0.4, 0.5) is 4.79 Å². The average molecular weight is 456 g/mol. The predicted octanol–water partition coefficient (Wildman–Crippen LogP) is 4.17. The maximum atomic E-state index is 12.5. The summed E-state index contributed by atoms with van der Waals surface area (Å²) in [4.78, 5) is 40.3. The molecular formula is C26H37N3O4. The smallest absolute Gasteiger partial charge is 0.317 e. The number of hydrogen-bond donors (Lipinski definition) is 1. The van der Waals surface area contributed by atoms with E-state index in [0.717, 1.165) is 44.1 Å². The molecule has 3 rings (SSSR count). The van der Waals surface area contributed by atoms with Gasteiger partial charge in [-0.15, -0.1) is 0 Å². The maximum absolute atomic E-state index is 12.5. The van der Waals surface area contributed by atoms with Crippen molar-refractivity contribution >= 4 is 17.9 Å². The molecule has 1 aromatic carbocycles. The fraction of sp³-hybridized carbons (Fsp3) is 0.500. The molecule has 7 nitrogen and oxygen atoms in total. The van der Waals surface area contributed by atoms with E-state index < -0.39 is 0 Å². The van der Waals surface area contributed by atoms with Crippen LogP contribution in [0.25, 0.3) is 0 Å². The molecule has 0 unspecified atom stereocenters. The normalized spacial score (nSPS) is 15.7. The number of unbranched alkanes of at least 4 members (excludes halogenated alkanes) is 3. The topological polar surface area (TPSA) is 79.0 Å². The van der Waals surface area contributed by atoms with Gasteiger partial charge in [0.1, 0.15) is 6.61 Å². The Morgan fingerprint density at radius 3 is 2.36 bits per heavy atom. The molecule has 1 N–H and O–H groups in total. The van der Waals surface area contributed by atoms with Crippen molar-refractivity contribution in [2.45, 2.75) is 44.9 Å². The number of amides is 3. The first kappa shape index (κ1) is 24.6. The molecule has 1 aliphatic heterocycles. The quantitative estimate of drug-likeness (QED) is 0.424. The van der Waals surface area contributed by atoms with Gasteiger partial charge in [0.05, 0.1) is 0 Å². The molecule has 7 heteroatoms. The van der Waals surface area contributed by atoms with E-state index in [1.807, 2.05) is 36.4 Å². The van der Waals surface area contributed by atoms with Crippen molar-refractivity contribution in [2.24, 2.45) is 0 Å². The fourth-order valence-corrected chi connectivity index (χ4v) is 3.94. The molecule has 2 aliphatic rings. The number of allylic oxidation sites excluding steroid dienone is 2. The van der Waals surface area contributed by atoms with Crippen molar-refractivity contribution in [3.8, 4) is 0 Å². The van der Waals surface area contributed by atoms with E-state index in [-0.39, 0.29) is 19.3 Å². The number of carbonyl (C=O) groups excluding carboxylic acids is 3. The molecule has 1 fully saturated rings. The summed E-state index contributed by atoms with van der Waals surface area (Å²) in [6.07, 6.45) is 12.3. The van der Waals surface area contributed by atoms with Crippen LogP contribution >= 0.6 is 0 Å². The summed E-state index contributed by atoms with van der Waals surface area (Å²) in [7, 11) is 0. The van der Waals surface area contributed by atoms with Crippen molar-refractivity contribution in [1.82, 2.24) is 15.1 Å². The van der Waals surface area contributed by atoms with Crippen molar-refractivity contribution < 1.29 is 20.5 Å². The molecule has 0 spiro atoms. The third kappa shape index (κ3) is 8.40. The molecule has 33 heavy (non-hydrogen) atoms.